The van der Waals surface area contributed by atoms with Crippen molar-refractivity contribution in [2.24, 2.45) is 17.8 Å². The molecule has 0 aromatic heterocycles. The Labute approximate surface area is 435 Å². The van der Waals surface area contributed by atoms with Gasteiger partial charge in [0, 0.05) is 56.6 Å². The van der Waals surface area contributed by atoms with Gasteiger partial charge >= 0.3 is 0 Å². The van der Waals surface area contributed by atoms with Crippen LogP contribution in [0, 0.1) is 35.2 Å². The number of rotatable bonds is 12. The van der Waals surface area contributed by atoms with Gasteiger partial charge in [-0.2, -0.15) is 0 Å². The molecule has 1 N–H and O–H groups in total. The van der Waals surface area contributed by atoms with Crippen molar-refractivity contribution in [3.8, 4) is 51.7 Å². The summed E-state index contributed by atoms with van der Waals surface area (Å²) in [6.07, 6.45) is 6.60. The maximum atomic E-state index is 13.3. The molecule has 12 rings (SSSR count). The molecule has 394 valence electrons. The number of benzene rings is 6. The van der Waals surface area contributed by atoms with Crippen molar-refractivity contribution in [3.63, 3.8) is 0 Å². The van der Waals surface area contributed by atoms with Gasteiger partial charge in [-0.1, -0.05) is 49.2 Å². The summed E-state index contributed by atoms with van der Waals surface area (Å²) >= 11 is 0. The number of carbonyl (C=O) groups excluding carboxylic acids is 1. The van der Waals surface area contributed by atoms with Crippen LogP contribution in [0.25, 0.3) is 0 Å². The van der Waals surface area contributed by atoms with E-state index in [1.165, 1.54) is 48.2 Å². The molecule has 3 fully saturated rings. The standard InChI is InChI=1S/C21H22FNO4.C20H21FO3.C19H20FNO3/c1-14(24)23-9-8-19(15-2-4-17(22)5-3-15)16(11-23)12-25-18-6-7-20-21(10-18)27-13-26-20;21-16-7-5-14(6-8-16)18-4-2-1-3-15(18)12-22-17-9-10-19-20(11-17)24-13-23-19;20-15-3-1-13(2-4-15)17-7-8-21-10-14(17)11-22-16-5-6-18-19(9-16)24-12-23-18/h2-7,10,16,19H,8-9,11-13H2,1H3;5-11,15,18H,1-4,12-13H2;1-6,9,14,17,21H,7-8,10-12H2/t16-,19-;15-,18-;14-,17-/m000/s1. The number of ether oxygens (including phenoxy) is 9. The van der Waals surface area contributed by atoms with Crippen molar-refractivity contribution in [2.45, 2.75) is 63.2 Å². The predicted octanol–water partition coefficient (Wildman–Crippen LogP) is 11.8. The van der Waals surface area contributed by atoms with Crippen LogP contribution < -0.4 is 47.9 Å². The third-order valence-electron chi connectivity index (χ3n) is 15.0. The van der Waals surface area contributed by atoms with Crippen molar-refractivity contribution in [1.29, 1.82) is 0 Å². The molecule has 2 saturated heterocycles. The highest BCUT2D eigenvalue weighted by Gasteiger charge is 2.33. The van der Waals surface area contributed by atoms with Gasteiger partial charge in [0.05, 0.1) is 19.8 Å². The first kappa shape index (κ1) is 51.2. The Balaban J connectivity index is 0.000000129. The van der Waals surface area contributed by atoms with E-state index in [1.54, 1.807) is 19.1 Å². The van der Waals surface area contributed by atoms with E-state index in [-0.39, 0.29) is 55.6 Å². The van der Waals surface area contributed by atoms with E-state index in [0.717, 1.165) is 78.8 Å². The van der Waals surface area contributed by atoms with Gasteiger partial charge in [0.2, 0.25) is 26.3 Å². The van der Waals surface area contributed by atoms with E-state index >= 15 is 0 Å². The lowest BCUT2D eigenvalue weighted by Crippen LogP contribution is -2.44. The normalized spacial score (nSPS) is 21.9. The average molecular weight is 1030 g/mol. The molecule has 5 aliphatic heterocycles. The number of halogens is 3. The Bertz CT molecular complexity index is 2710. The van der Waals surface area contributed by atoms with E-state index in [0.29, 0.717) is 73.8 Å². The number of hydrogen-bond donors (Lipinski definition) is 1. The van der Waals surface area contributed by atoms with Crippen molar-refractivity contribution in [2.75, 3.05) is 66.4 Å². The third kappa shape index (κ3) is 13.2. The Hall–Kier alpha value is -7.26. The summed E-state index contributed by atoms with van der Waals surface area (Å²) < 4.78 is 89.8. The smallest absolute Gasteiger partial charge is 0.231 e. The first-order valence-corrected chi connectivity index (χ1v) is 26.0. The molecule has 1 aliphatic carbocycles. The van der Waals surface area contributed by atoms with Crippen LogP contribution in [0.5, 0.6) is 51.7 Å². The van der Waals surface area contributed by atoms with E-state index in [4.69, 9.17) is 42.6 Å². The molecule has 12 nitrogen and oxygen atoms in total. The fourth-order valence-corrected chi connectivity index (χ4v) is 10.9. The Kier molecular flexibility index (Phi) is 16.7. The average Bonchev–Trinajstić information content (AvgIpc) is 4.24. The third-order valence-corrected chi connectivity index (χ3v) is 15.0. The predicted molar refractivity (Wildman–Crippen MR) is 275 cm³/mol. The molecule has 1 amide bonds. The highest BCUT2D eigenvalue weighted by molar-refractivity contribution is 5.73. The lowest BCUT2D eigenvalue weighted by Gasteiger charge is -2.38. The largest absolute Gasteiger partial charge is 0.493 e. The van der Waals surface area contributed by atoms with Gasteiger partial charge in [0.1, 0.15) is 34.7 Å². The zero-order valence-electron chi connectivity index (χ0n) is 42.1. The number of likely N-dealkylation sites (tertiary alicyclic amines) is 1. The van der Waals surface area contributed by atoms with Crippen molar-refractivity contribution >= 4 is 5.91 Å². The fourth-order valence-electron chi connectivity index (χ4n) is 10.9. The number of carbonyl (C=O) groups is 1. The quantitative estimate of drug-likeness (QED) is 0.126. The highest BCUT2D eigenvalue weighted by atomic mass is 19.1. The molecule has 0 bridgehead atoms. The van der Waals surface area contributed by atoms with E-state index < -0.39 is 0 Å². The number of amides is 1. The maximum absolute atomic E-state index is 13.3. The van der Waals surface area contributed by atoms with Crippen LogP contribution in [0.1, 0.15) is 79.9 Å². The highest BCUT2D eigenvalue weighted by Crippen LogP contribution is 2.42. The van der Waals surface area contributed by atoms with Crippen LogP contribution in [0.15, 0.2) is 127 Å². The molecule has 1 saturated carbocycles. The monoisotopic (exact) mass is 1030 g/mol. The second kappa shape index (κ2) is 24.4. The fraction of sp³-hybridized carbons (Fsp3) is 0.383. The summed E-state index contributed by atoms with van der Waals surface area (Å²) in [7, 11) is 0. The van der Waals surface area contributed by atoms with Gasteiger partial charge in [-0.05, 0) is 145 Å². The molecule has 6 aromatic rings. The van der Waals surface area contributed by atoms with Gasteiger partial charge in [0.25, 0.3) is 0 Å². The zero-order valence-corrected chi connectivity index (χ0v) is 42.1. The molecule has 15 heteroatoms. The van der Waals surface area contributed by atoms with Crippen LogP contribution in [-0.2, 0) is 4.79 Å². The minimum atomic E-state index is -0.243. The topological polar surface area (TPSA) is 115 Å². The van der Waals surface area contributed by atoms with Gasteiger partial charge in [-0.25, -0.2) is 13.2 Å². The first-order valence-electron chi connectivity index (χ1n) is 26.0. The van der Waals surface area contributed by atoms with Gasteiger partial charge in [-0.15, -0.1) is 0 Å². The zero-order chi connectivity index (χ0) is 51.5. The van der Waals surface area contributed by atoms with Crippen LogP contribution in [-0.4, -0.2) is 77.2 Å². The second-order valence-electron chi connectivity index (χ2n) is 19.8. The number of hydrogen-bond acceptors (Lipinski definition) is 11. The molecule has 5 heterocycles. The Morgan fingerprint density at radius 2 is 0.893 bits per heavy atom. The minimum Gasteiger partial charge on any atom is -0.493 e. The Morgan fingerprint density at radius 1 is 0.493 bits per heavy atom. The van der Waals surface area contributed by atoms with Gasteiger partial charge in [-0.3, -0.25) is 4.79 Å². The van der Waals surface area contributed by atoms with Crippen molar-refractivity contribution < 1.29 is 60.6 Å². The summed E-state index contributed by atoms with van der Waals surface area (Å²) in [6.45, 7) is 7.29. The van der Waals surface area contributed by atoms with Gasteiger partial charge in [0.15, 0.2) is 34.5 Å². The summed E-state index contributed by atoms with van der Waals surface area (Å²) in [5.41, 5.74) is 3.48. The van der Waals surface area contributed by atoms with E-state index in [2.05, 4.69) is 5.32 Å². The summed E-state index contributed by atoms with van der Waals surface area (Å²) in [4.78, 5) is 13.7. The van der Waals surface area contributed by atoms with Gasteiger partial charge < -0.3 is 52.8 Å². The first-order chi connectivity index (χ1) is 36.7. The molecular formula is C60H63F3N2O10. The molecule has 6 aromatic carbocycles. The summed E-state index contributed by atoms with van der Waals surface area (Å²) in [6, 6.07) is 37.3. The second-order valence-corrected chi connectivity index (χ2v) is 19.8. The van der Waals surface area contributed by atoms with E-state index in [9.17, 15) is 18.0 Å². The molecular weight excluding hydrogens is 966 g/mol. The maximum Gasteiger partial charge on any atom is 0.231 e. The molecule has 6 atom stereocenters. The summed E-state index contributed by atoms with van der Waals surface area (Å²) in [5, 5.41) is 3.43. The van der Waals surface area contributed by atoms with Crippen LogP contribution in [0.4, 0.5) is 13.2 Å². The molecule has 0 radical (unpaired) electrons. The summed E-state index contributed by atoms with van der Waals surface area (Å²) in [5.74, 6) is 8.08. The van der Waals surface area contributed by atoms with Crippen LogP contribution in [0.2, 0.25) is 0 Å². The molecule has 75 heavy (non-hydrogen) atoms. The number of nitrogens with zero attached hydrogens (tertiary/aromatic N) is 1. The number of nitrogens with one attached hydrogen (secondary N) is 1. The van der Waals surface area contributed by atoms with Crippen LogP contribution >= 0.6 is 0 Å². The minimum absolute atomic E-state index is 0.0700. The molecule has 0 spiro atoms. The molecule has 0 unspecified atom stereocenters. The molecule has 6 aliphatic rings. The van der Waals surface area contributed by atoms with Crippen molar-refractivity contribution in [1.82, 2.24) is 10.2 Å². The Morgan fingerprint density at radius 3 is 1.36 bits per heavy atom. The number of fused-ring (bicyclic) bond motifs is 3. The van der Waals surface area contributed by atoms with E-state index in [1.807, 2.05) is 95.9 Å². The van der Waals surface area contributed by atoms with Crippen LogP contribution in [0.3, 0.4) is 0 Å². The number of piperidine rings is 2. The lowest BCUT2D eigenvalue weighted by atomic mass is 9.76. The SMILES string of the molecule is CC(=O)N1CC[C@@H](c2ccc(F)cc2)[C@H](COc2ccc3c(c2)OCO3)C1.Fc1ccc([C@@H]2CCCC[C@H]2COc2ccc3c(c2)OCO3)cc1.Fc1ccc([C@@H]2CCNC[C@H]2COc2ccc3c(c2)OCO3)cc1. The van der Waals surface area contributed by atoms with Crippen molar-refractivity contribution in [3.05, 3.63) is 162 Å². The lowest BCUT2D eigenvalue weighted by molar-refractivity contribution is -0.131.